The summed E-state index contributed by atoms with van der Waals surface area (Å²) in [5.41, 5.74) is -3.33. The predicted molar refractivity (Wildman–Crippen MR) is 133 cm³/mol. The van der Waals surface area contributed by atoms with E-state index in [1.807, 2.05) is 0 Å². The highest BCUT2D eigenvalue weighted by molar-refractivity contribution is 8.06. The van der Waals surface area contributed by atoms with Gasteiger partial charge in [0.1, 0.15) is 34.9 Å². The van der Waals surface area contributed by atoms with E-state index in [0.29, 0.717) is 0 Å². The third kappa shape index (κ3) is 4.34. The maximum atomic E-state index is 15.9. The molecular formula is C28H7BF15P. The van der Waals surface area contributed by atoms with E-state index < -0.39 is 128 Å². The average Bonchev–Trinajstić information content (AvgIpc) is 3.75. The Balaban J connectivity index is 2.29. The van der Waals surface area contributed by atoms with E-state index in [1.165, 1.54) is 0 Å². The molecule has 0 atom stereocenters. The van der Waals surface area contributed by atoms with Gasteiger partial charge < -0.3 is 0 Å². The minimum Gasteiger partial charge on any atom is -0.207 e. The molecule has 0 aromatic heterocycles. The normalized spacial score (nSPS) is 14.0. The lowest BCUT2D eigenvalue weighted by atomic mass is 9.33. The average molecular weight is 670 g/mol. The van der Waals surface area contributed by atoms with Crippen LogP contribution < -0.4 is 16.4 Å². The minimum atomic E-state index is -5.76. The molecule has 2 aliphatic rings. The molecule has 0 saturated heterocycles. The van der Waals surface area contributed by atoms with Crippen LogP contribution in [-0.2, 0) is 0 Å². The number of rotatable bonds is 6. The van der Waals surface area contributed by atoms with Gasteiger partial charge in [-0.2, -0.15) is 0 Å². The van der Waals surface area contributed by atoms with Crippen molar-refractivity contribution in [1.29, 1.82) is 0 Å². The molecule has 45 heavy (non-hydrogen) atoms. The zero-order valence-corrected chi connectivity index (χ0v) is 22.2. The maximum absolute atomic E-state index is 15.9. The summed E-state index contributed by atoms with van der Waals surface area (Å²) in [4.78, 5) is 0. The van der Waals surface area contributed by atoms with Gasteiger partial charge in [0.05, 0.1) is 10.6 Å². The molecule has 0 N–H and O–H groups in total. The van der Waals surface area contributed by atoms with Crippen LogP contribution in [0, 0.1) is 87.3 Å². The molecule has 17 heteroatoms. The van der Waals surface area contributed by atoms with Crippen molar-refractivity contribution in [3.63, 3.8) is 0 Å². The number of hydrogen-bond donors (Lipinski definition) is 0. The fourth-order valence-electron chi connectivity index (χ4n) is 5.48. The lowest BCUT2D eigenvalue weighted by Gasteiger charge is -2.43. The van der Waals surface area contributed by atoms with E-state index in [0.717, 1.165) is 36.5 Å². The highest BCUT2D eigenvalue weighted by Gasteiger charge is 2.59. The molecule has 0 aliphatic heterocycles. The molecule has 0 heterocycles. The first-order chi connectivity index (χ1) is 21.1. The van der Waals surface area contributed by atoms with Crippen LogP contribution in [0.4, 0.5) is 65.9 Å². The molecule has 0 nitrogen and oxygen atoms in total. The Bertz CT molecular complexity index is 1760. The van der Waals surface area contributed by atoms with Crippen molar-refractivity contribution >= 4 is 30.1 Å². The van der Waals surface area contributed by atoms with Gasteiger partial charge in [-0.15, -0.1) is 0 Å². The van der Waals surface area contributed by atoms with Gasteiger partial charge in [-0.3, -0.25) is 0 Å². The minimum absolute atomic E-state index is 0.667. The Hall–Kier alpha value is -4.38. The Morgan fingerprint density at radius 2 is 0.578 bits per heavy atom. The SMILES string of the molecule is Fc1c(F)c(F)c([B-](c2c(F)c(F)c(F)c(F)c2F)(c2c(F)c(F)c(F)c(F)c2F)[PH+](C2=C=CC=C2)C2=C=CC=C2)c(F)c1F. The van der Waals surface area contributed by atoms with E-state index in [9.17, 15) is 39.5 Å². The van der Waals surface area contributed by atoms with Crippen molar-refractivity contribution in [3.8, 4) is 0 Å². The predicted octanol–water partition coefficient (Wildman–Crippen LogP) is 7.17. The van der Waals surface area contributed by atoms with Crippen LogP contribution in [-0.4, -0.2) is 5.87 Å². The Morgan fingerprint density at radius 1 is 0.356 bits per heavy atom. The Labute approximate surface area is 242 Å². The van der Waals surface area contributed by atoms with Gasteiger partial charge in [0.2, 0.25) is 0 Å². The van der Waals surface area contributed by atoms with Gasteiger partial charge in [-0.1, -0.05) is 35.7 Å². The molecule has 0 unspecified atom stereocenters. The molecule has 3 aromatic carbocycles. The number of hydrogen-bond acceptors (Lipinski definition) is 0. The molecule has 0 bridgehead atoms. The summed E-state index contributed by atoms with van der Waals surface area (Å²) < 4.78 is 227. The van der Waals surface area contributed by atoms with Crippen LogP contribution in [0.3, 0.4) is 0 Å². The van der Waals surface area contributed by atoms with Gasteiger partial charge in [0.25, 0.3) is 5.87 Å². The van der Waals surface area contributed by atoms with Crippen molar-refractivity contribution < 1.29 is 65.9 Å². The highest BCUT2D eigenvalue weighted by Crippen LogP contribution is 2.61. The first kappa shape index (κ1) is 32.0. The molecule has 0 fully saturated rings. The zero-order valence-electron chi connectivity index (χ0n) is 21.2. The first-order valence-electron chi connectivity index (χ1n) is 12.0. The standard InChI is InChI=1S/C28H7BF15P/c30-14-11(15(31)21(37)26(42)20(14)36)29(12-16(32)22(38)27(43)23(39)17(12)33,13-18(34)24(40)28(44)25(41)19(13)35)45(9-5-1-2-6-9)10-7-3-4-8-10/h1-5,7,45H. The molecule has 5 rings (SSSR count). The second-order valence-electron chi connectivity index (χ2n) is 9.40. The molecule has 3 aromatic rings. The summed E-state index contributed by atoms with van der Waals surface area (Å²) in [7, 11) is -4.39. The van der Waals surface area contributed by atoms with Crippen molar-refractivity contribution in [3.05, 3.63) is 146 Å². The van der Waals surface area contributed by atoms with Crippen molar-refractivity contribution in [2.45, 2.75) is 0 Å². The van der Waals surface area contributed by atoms with Crippen molar-refractivity contribution in [1.82, 2.24) is 0 Å². The van der Waals surface area contributed by atoms with Gasteiger partial charge in [-0.25, -0.2) is 65.9 Å². The molecule has 2 aliphatic carbocycles. The van der Waals surface area contributed by atoms with E-state index in [2.05, 4.69) is 11.5 Å². The molecule has 0 amide bonds. The third-order valence-electron chi connectivity index (χ3n) is 7.24. The Kier molecular flexibility index (Phi) is 7.98. The van der Waals surface area contributed by atoms with E-state index in [4.69, 9.17) is 0 Å². The van der Waals surface area contributed by atoms with Crippen LogP contribution in [0.1, 0.15) is 0 Å². The van der Waals surface area contributed by atoms with Gasteiger partial charge >= 0.3 is 0 Å². The molecular weight excluding hydrogens is 663 g/mol. The summed E-state index contributed by atoms with van der Waals surface area (Å²) in [6.07, 6.45) is 5.60. The zero-order chi connectivity index (χ0) is 33.3. The number of halogens is 15. The monoisotopic (exact) mass is 670 g/mol. The van der Waals surface area contributed by atoms with Crippen LogP contribution in [0.2, 0.25) is 0 Å². The van der Waals surface area contributed by atoms with Crippen LogP contribution in [0.5, 0.6) is 0 Å². The lowest BCUT2D eigenvalue weighted by Crippen LogP contribution is -2.72. The second kappa shape index (κ2) is 11.2. The van der Waals surface area contributed by atoms with Gasteiger partial charge in [0, 0.05) is 0 Å². The quantitative estimate of drug-likeness (QED) is 0.0652. The van der Waals surface area contributed by atoms with Crippen LogP contribution in [0.15, 0.2) is 58.5 Å². The maximum Gasteiger partial charge on any atom is 0.273 e. The highest BCUT2D eigenvalue weighted by atomic mass is 31.1. The smallest absolute Gasteiger partial charge is 0.207 e. The summed E-state index contributed by atoms with van der Waals surface area (Å²) in [5, 5.41) is -1.33. The molecule has 0 radical (unpaired) electrons. The molecule has 0 saturated carbocycles. The van der Waals surface area contributed by atoms with Gasteiger partial charge in [0.15, 0.2) is 52.4 Å². The largest absolute Gasteiger partial charge is 0.273 e. The van der Waals surface area contributed by atoms with Crippen molar-refractivity contribution in [2.75, 3.05) is 0 Å². The van der Waals surface area contributed by atoms with Crippen molar-refractivity contribution in [2.24, 2.45) is 0 Å². The fourth-order valence-corrected chi connectivity index (χ4v) is 9.36. The second-order valence-corrected chi connectivity index (χ2v) is 12.2. The summed E-state index contributed by atoms with van der Waals surface area (Å²) in [6, 6.07) is 0. The van der Waals surface area contributed by atoms with Gasteiger partial charge in [-0.05, 0) is 36.5 Å². The summed E-state index contributed by atoms with van der Waals surface area (Å²) in [5.74, 6) is -51.2. The van der Waals surface area contributed by atoms with E-state index in [1.54, 1.807) is 0 Å². The van der Waals surface area contributed by atoms with E-state index in [-0.39, 0.29) is 0 Å². The lowest BCUT2D eigenvalue weighted by molar-refractivity contribution is 0.380. The third-order valence-corrected chi connectivity index (χ3v) is 10.8. The first-order valence-corrected chi connectivity index (χ1v) is 13.6. The Morgan fingerprint density at radius 3 is 0.778 bits per heavy atom. The fraction of sp³-hybridized carbons (Fsp3) is 0. The van der Waals surface area contributed by atoms with Crippen LogP contribution in [0.25, 0.3) is 0 Å². The topological polar surface area (TPSA) is 0 Å². The molecule has 232 valence electrons. The van der Waals surface area contributed by atoms with E-state index >= 15 is 26.3 Å². The summed E-state index contributed by atoms with van der Waals surface area (Å²) in [6.45, 7) is 0. The number of allylic oxidation sites excluding steroid dienone is 6. The summed E-state index contributed by atoms with van der Waals surface area (Å²) >= 11 is 0. The number of benzene rings is 3. The molecule has 0 spiro atoms. The van der Waals surface area contributed by atoms with Crippen LogP contribution >= 0.6 is 7.80 Å².